The molecule has 3 rings (SSSR count). The Morgan fingerprint density at radius 1 is 1.26 bits per heavy atom. The maximum absolute atomic E-state index is 8.87. The summed E-state index contributed by atoms with van der Waals surface area (Å²) in [5.41, 5.74) is 3.58. The third kappa shape index (κ3) is 3.66. The topological polar surface area (TPSA) is 64.8 Å². The number of aromatic nitrogens is 2. The predicted molar refractivity (Wildman–Crippen MR) is 91.1 cm³/mol. The Labute approximate surface area is 137 Å². The first-order valence-electron chi connectivity index (χ1n) is 7.95. The van der Waals surface area contributed by atoms with Gasteiger partial charge in [-0.25, -0.2) is 0 Å². The van der Waals surface area contributed by atoms with Gasteiger partial charge in [0.2, 0.25) is 0 Å². The van der Waals surface area contributed by atoms with Crippen LogP contribution in [0.3, 0.4) is 0 Å². The summed E-state index contributed by atoms with van der Waals surface area (Å²) in [6.07, 6.45) is 2.38. The summed E-state index contributed by atoms with van der Waals surface area (Å²) in [4.78, 5) is 2.34. The van der Waals surface area contributed by atoms with Crippen LogP contribution in [-0.2, 0) is 0 Å². The maximum Gasteiger partial charge on any atom is 0.149 e. The van der Waals surface area contributed by atoms with Gasteiger partial charge in [-0.15, -0.1) is 10.2 Å². The molecule has 5 nitrogen and oxygen atoms in total. The third-order valence-electron chi connectivity index (χ3n) is 4.25. The van der Waals surface area contributed by atoms with Crippen LogP contribution in [0.5, 0.6) is 0 Å². The molecule has 0 bridgehead atoms. The Balaban J connectivity index is 1.76. The van der Waals surface area contributed by atoms with Crippen LogP contribution >= 0.6 is 0 Å². The van der Waals surface area contributed by atoms with E-state index in [0.717, 1.165) is 29.2 Å². The Hall–Kier alpha value is -2.45. The van der Waals surface area contributed by atoms with E-state index in [1.807, 2.05) is 19.1 Å². The Morgan fingerprint density at radius 2 is 2.04 bits per heavy atom. The number of benzene rings is 1. The van der Waals surface area contributed by atoms with Gasteiger partial charge in [0, 0.05) is 18.2 Å². The molecular weight excluding hydrogens is 286 g/mol. The van der Waals surface area contributed by atoms with Crippen LogP contribution < -0.4 is 5.32 Å². The molecule has 1 aliphatic rings. The standard InChI is InChI=1S/C18H21N5/c1-13-10-17(20-16-4-3-9-23(2)12-16)21-22-18(13)15-7-5-14(11-19)6-8-15/h5-8,10,16H,3-4,9,12H2,1-2H3,(H,20,21)/t16-/m1/s1. The molecule has 1 N–H and O–H groups in total. The van der Waals surface area contributed by atoms with Gasteiger partial charge in [-0.1, -0.05) is 12.1 Å². The number of nitrogens with one attached hydrogen (secondary N) is 1. The Morgan fingerprint density at radius 3 is 2.70 bits per heavy atom. The van der Waals surface area contributed by atoms with Crippen LogP contribution in [-0.4, -0.2) is 41.3 Å². The van der Waals surface area contributed by atoms with Gasteiger partial charge < -0.3 is 10.2 Å². The smallest absolute Gasteiger partial charge is 0.149 e. The fourth-order valence-electron chi connectivity index (χ4n) is 3.04. The van der Waals surface area contributed by atoms with Crippen LogP contribution in [0.25, 0.3) is 11.3 Å². The number of nitrogens with zero attached hydrogens (tertiary/aromatic N) is 4. The summed E-state index contributed by atoms with van der Waals surface area (Å²) in [5.74, 6) is 0.834. The molecule has 0 saturated carbocycles. The van der Waals surface area contributed by atoms with Crippen molar-refractivity contribution in [1.82, 2.24) is 15.1 Å². The summed E-state index contributed by atoms with van der Waals surface area (Å²) in [6, 6.07) is 12.1. The summed E-state index contributed by atoms with van der Waals surface area (Å²) < 4.78 is 0. The molecule has 1 aliphatic heterocycles. The highest BCUT2D eigenvalue weighted by Crippen LogP contribution is 2.23. The van der Waals surface area contributed by atoms with Crippen LogP contribution in [0.1, 0.15) is 24.0 Å². The number of anilines is 1. The average Bonchev–Trinajstić information content (AvgIpc) is 2.55. The molecule has 1 fully saturated rings. The SMILES string of the molecule is Cc1cc(N[C@@H]2CCCN(C)C2)nnc1-c1ccc(C#N)cc1. The Bertz CT molecular complexity index is 717. The number of hydrogen-bond donors (Lipinski definition) is 1. The molecule has 0 spiro atoms. The highest BCUT2D eigenvalue weighted by molar-refractivity contribution is 5.64. The summed E-state index contributed by atoms with van der Waals surface area (Å²) in [5, 5.41) is 21.1. The lowest BCUT2D eigenvalue weighted by Crippen LogP contribution is -2.39. The Kier molecular flexibility index (Phi) is 4.54. The lowest BCUT2D eigenvalue weighted by atomic mass is 10.0. The molecule has 1 aromatic carbocycles. The van der Waals surface area contributed by atoms with Crippen LogP contribution in [0.4, 0.5) is 5.82 Å². The first kappa shape index (κ1) is 15.4. The van der Waals surface area contributed by atoms with Crippen molar-refractivity contribution in [1.29, 1.82) is 5.26 Å². The van der Waals surface area contributed by atoms with Crippen molar-refractivity contribution in [2.75, 3.05) is 25.5 Å². The minimum Gasteiger partial charge on any atom is -0.365 e. The zero-order chi connectivity index (χ0) is 16.2. The van der Waals surface area contributed by atoms with Crippen molar-refractivity contribution in [2.45, 2.75) is 25.8 Å². The molecule has 0 unspecified atom stereocenters. The summed E-state index contributed by atoms with van der Waals surface area (Å²) >= 11 is 0. The highest BCUT2D eigenvalue weighted by Gasteiger charge is 2.17. The van der Waals surface area contributed by atoms with E-state index in [2.05, 4.69) is 39.6 Å². The van der Waals surface area contributed by atoms with Crippen molar-refractivity contribution < 1.29 is 0 Å². The summed E-state index contributed by atoms with van der Waals surface area (Å²) in [7, 11) is 2.15. The normalized spacial score (nSPS) is 18.4. The molecule has 0 aliphatic carbocycles. The fourth-order valence-corrected chi connectivity index (χ4v) is 3.04. The number of rotatable bonds is 3. The van der Waals surface area contributed by atoms with Gasteiger partial charge in [0.15, 0.2) is 0 Å². The van der Waals surface area contributed by atoms with Gasteiger partial charge in [0.1, 0.15) is 5.82 Å². The number of aryl methyl sites for hydroxylation is 1. The lowest BCUT2D eigenvalue weighted by molar-refractivity contribution is 0.260. The molecule has 2 heterocycles. The zero-order valence-electron chi connectivity index (χ0n) is 13.6. The number of likely N-dealkylation sites (tertiary alicyclic amines) is 1. The second kappa shape index (κ2) is 6.76. The molecule has 1 aromatic heterocycles. The number of piperidine rings is 1. The maximum atomic E-state index is 8.87. The van der Waals surface area contributed by atoms with E-state index in [1.165, 1.54) is 19.4 Å². The molecule has 0 radical (unpaired) electrons. The molecule has 2 aromatic rings. The van der Waals surface area contributed by atoms with Crippen molar-refractivity contribution in [3.8, 4) is 17.3 Å². The number of hydrogen-bond acceptors (Lipinski definition) is 5. The van der Waals surface area contributed by atoms with Gasteiger partial charge in [-0.3, -0.25) is 0 Å². The molecule has 0 amide bonds. The van der Waals surface area contributed by atoms with Gasteiger partial charge in [0.25, 0.3) is 0 Å². The van der Waals surface area contributed by atoms with Gasteiger partial charge >= 0.3 is 0 Å². The predicted octanol–water partition coefficient (Wildman–Crippen LogP) is 2.83. The van der Waals surface area contributed by atoms with E-state index in [1.54, 1.807) is 12.1 Å². The minimum absolute atomic E-state index is 0.434. The van der Waals surface area contributed by atoms with Crippen molar-refractivity contribution in [3.05, 3.63) is 41.5 Å². The van der Waals surface area contributed by atoms with Crippen molar-refractivity contribution in [2.24, 2.45) is 0 Å². The molecule has 118 valence electrons. The number of likely N-dealkylation sites (N-methyl/N-ethyl adjacent to an activating group) is 1. The third-order valence-corrected chi connectivity index (χ3v) is 4.25. The average molecular weight is 307 g/mol. The zero-order valence-corrected chi connectivity index (χ0v) is 13.6. The van der Waals surface area contributed by atoms with E-state index < -0.39 is 0 Å². The van der Waals surface area contributed by atoms with Gasteiger partial charge in [-0.05, 0) is 57.1 Å². The van der Waals surface area contributed by atoms with Crippen molar-refractivity contribution in [3.63, 3.8) is 0 Å². The quantitative estimate of drug-likeness (QED) is 0.944. The van der Waals surface area contributed by atoms with Gasteiger partial charge in [0.05, 0.1) is 17.3 Å². The summed E-state index contributed by atoms with van der Waals surface area (Å²) in [6.45, 7) is 4.25. The van der Waals surface area contributed by atoms with E-state index in [4.69, 9.17) is 5.26 Å². The second-order valence-electron chi connectivity index (χ2n) is 6.20. The van der Waals surface area contributed by atoms with E-state index in [-0.39, 0.29) is 0 Å². The van der Waals surface area contributed by atoms with Crippen LogP contribution in [0.15, 0.2) is 30.3 Å². The largest absolute Gasteiger partial charge is 0.365 e. The minimum atomic E-state index is 0.434. The first-order valence-corrected chi connectivity index (χ1v) is 7.95. The number of nitriles is 1. The van der Waals surface area contributed by atoms with Crippen LogP contribution in [0, 0.1) is 18.3 Å². The molecule has 1 atom stereocenters. The monoisotopic (exact) mass is 307 g/mol. The van der Waals surface area contributed by atoms with E-state index in [0.29, 0.717) is 11.6 Å². The molecule has 5 heteroatoms. The van der Waals surface area contributed by atoms with Gasteiger partial charge in [-0.2, -0.15) is 5.26 Å². The first-order chi connectivity index (χ1) is 11.2. The lowest BCUT2D eigenvalue weighted by Gasteiger charge is -2.30. The van der Waals surface area contributed by atoms with Crippen LogP contribution in [0.2, 0.25) is 0 Å². The fraction of sp³-hybridized carbons (Fsp3) is 0.389. The molecular formula is C18H21N5. The van der Waals surface area contributed by atoms with E-state index >= 15 is 0 Å². The second-order valence-corrected chi connectivity index (χ2v) is 6.20. The molecule has 23 heavy (non-hydrogen) atoms. The van der Waals surface area contributed by atoms with Crippen molar-refractivity contribution >= 4 is 5.82 Å². The highest BCUT2D eigenvalue weighted by atomic mass is 15.2. The molecule has 1 saturated heterocycles. The van der Waals surface area contributed by atoms with E-state index in [9.17, 15) is 0 Å².